The van der Waals surface area contributed by atoms with Gasteiger partial charge in [0.2, 0.25) is 0 Å². The fourth-order valence-corrected chi connectivity index (χ4v) is 3.23. The molecule has 1 fully saturated rings. The zero-order valence-corrected chi connectivity index (χ0v) is 13.7. The van der Waals surface area contributed by atoms with Crippen LogP contribution in [0, 0.1) is 0 Å². The number of rotatable bonds is 3. The molecule has 0 radical (unpaired) electrons. The molecule has 1 aromatic carbocycles. The molecule has 0 atom stereocenters. The first kappa shape index (κ1) is 16.8. The first-order valence-corrected chi connectivity index (χ1v) is 9.15. The second-order valence-electron chi connectivity index (χ2n) is 5.18. The summed E-state index contributed by atoms with van der Waals surface area (Å²) in [6, 6.07) is 6.32. The van der Waals surface area contributed by atoms with Crippen LogP contribution in [-0.4, -0.2) is 32.4 Å². The quantitative estimate of drug-likeness (QED) is 0.917. The lowest BCUT2D eigenvalue weighted by molar-refractivity contribution is 0.206. The van der Waals surface area contributed by atoms with E-state index < -0.39 is 16.1 Å². The number of hydrogen-bond donors (Lipinski definition) is 1. The van der Waals surface area contributed by atoms with E-state index in [-0.39, 0.29) is 0 Å². The lowest BCUT2D eigenvalue weighted by atomic mass is 10.2. The molecule has 0 aromatic heterocycles. The number of sulfonamides is 1. The highest BCUT2D eigenvalue weighted by molar-refractivity contribution is 7.93. The molecule has 120 valence electrons. The van der Waals surface area contributed by atoms with E-state index in [1.54, 1.807) is 29.2 Å². The molecule has 7 heteroatoms. The Labute approximate surface area is 136 Å². The summed E-state index contributed by atoms with van der Waals surface area (Å²) in [4.78, 5) is 13.6. The molecular formula is C15H19ClN2O3S. The van der Waals surface area contributed by atoms with E-state index in [1.165, 1.54) is 6.08 Å². The van der Waals surface area contributed by atoms with Gasteiger partial charge in [0, 0.05) is 18.1 Å². The fraction of sp³-hybridized carbons (Fsp3) is 0.400. The van der Waals surface area contributed by atoms with Gasteiger partial charge < -0.3 is 4.90 Å². The summed E-state index contributed by atoms with van der Waals surface area (Å²) >= 11 is 5.96. The first-order valence-electron chi connectivity index (χ1n) is 7.22. The average Bonchev–Trinajstić information content (AvgIpc) is 2.75. The number of urea groups is 1. The molecule has 2 amide bonds. The van der Waals surface area contributed by atoms with Crippen LogP contribution >= 0.6 is 11.6 Å². The highest BCUT2D eigenvalue weighted by atomic mass is 35.5. The third kappa shape index (κ3) is 5.03. The molecule has 22 heavy (non-hydrogen) atoms. The van der Waals surface area contributed by atoms with Gasteiger partial charge in [-0.2, -0.15) is 0 Å². The molecule has 1 aliphatic heterocycles. The Hall–Kier alpha value is -1.53. The van der Waals surface area contributed by atoms with E-state index in [4.69, 9.17) is 11.6 Å². The maximum absolute atomic E-state index is 12.0. The third-order valence-electron chi connectivity index (χ3n) is 3.45. The highest BCUT2D eigenvalue weighted by Gasteiger charge is 2.19. The largest absolute Gasteiger partial charge is 0.331 e. The molecule has 0 spiro atoms. The van der Waals surface area contributed by atoms with E-state index in [1.807, 2.05) is 0 Å². The van der Waals surface area contributed by atoms with Crippen LogP contribution in [0.3, 0.4) is 0 Å². The number of nitrogens with zero attached hydrogens (tertiary/aromatic N) is 1. The zero-order chi connectivity index (χ0) is 16.0. The Morgan fingerprint density at radius 3 is 2.41 bits per heavy atom. The Morgan fingerprint density at radius 1 is 1.14 bits per heavy atom. The van der Waals surface area contributed by atoms with Crippen LogP contribution in [-0.2, 0) is 10.0 Å². The van der Waals surface area contributed by atoms with Gasteiger partial charge in [0.05, 0.1) is 5.41 Å². The minimum Gasteiger partial charge on any atom is -0.324 e. The number of halogens is 1. The Balaban J connectivity index is 2.01. The first-order chi connectivity index (χ1) is 10.5. The van der Waals surface area contributed by atoms with Crippen LogP contribution in [0.15, 0.2) is 29.7 Å². The SMILES string of the molecule is O=C(NS(=O)(=O)C=Cc1ccccc1Cl)N1CCCCCC1. The lowest BCUT2D eigenvalue weighted by Crippen LogP contribution is -2.42. The maximum Gasteiger partial charge on any atom is 0.331 e. The van der Waals surface area contributed by atoms with Gasteiger partial charge in [-0.15, -0.1) is 0 Å². The second-order valence-corrected chi connectivity index (χ2v) is 7.15. The number of likely N-dealkylation sites (tertiary alicyclic amines) is 1. The van der Waals surface area contributed by atoms with E-state index in [2.05, 4.69) is 4.72 Å². The van der Waals surface area contributed by atoms with Crippen molar-refractivity contribution in [1.82, 2.24) is 9.62 Å². The van der Waals surface area contributed by atoms with Gasteiger partial charge in [-0.25, -0.2) is 17.9 Å². The molecule has 1 aromatic rings. The number of amides is 2. The van der Waals surface area contributed by atoms with Gasteiger partial charge in [-0.3, -0.25) is 0 Å². The van der Waals surface area contributed by atoms with Crippen molar-refractivity contribution in [3.63, 3.8) is 0 Å². The molecule has 1 saturated heterocycles. The van der Waals surface area contributed by atoms with Crippen molar-refractivity contribution in [1.29, 1.82) is 0 Å². The zero-order valence-electron chi connectivity index (χ0n) is 12.2. The molecule has 2 rings (SSSR count). The van der Waals surface area contributed by atoms with Crippen molar-refractivity contribution < 1.29 is 13.2 Å². The van der Waals surface area contributed by atoms with Gasteiger partial charge in [-0.1, -0.05) is 42.6 Å². The Bertz CT molecular complexity index is 651. The van der Waals surface area contributed by atoms with Crippen molar-refractivity contribution in [3.05, 3.63) is 40.3 Å². The van der Waals surface area contributed by atoms with Gasteiger partial charge in [0.1, 0.15) is 0 Å². The van der Waals surface area contributed by atoms with Crippen LogP contribution in [0.4, 0.5) is 4.79 Å². The van der Waals surface area contributed by atoms with Crippen molar-refractivity contribution in [2.45, 2.75) is 25.7 Å². The number of carbonyl (C=O) groups is 1. The summed E-state index contributed by atoms with van der Waals surface area (Å²) in [5.74, 6) is 0. The molecule has 1 heterocycles. The topological polar surface area (TPSA) is 66.5 Å². The van der Waals surface area contributed by atoms with Crippen LogP contribution in [0.25, 0.3) is 6.08 Å². The normalized spacial score (nSPS) is 16.5. The van der Waals surface area contributed by atoms with E-state index in [9.17, 15) is 13.2 Å². The predicted octanol–water partition coefficient (Wildman–Crippen LogP) is 3.23. The van der Waals surface area contributed by atoms with Crippen LogP contribution in [0.1, 0.15) is 31.2 Å². The maximum atomic E-state index is 12.0. The summed E-state index contributed by atoms with van der Waals surface area (Å²) in [6.45, 7) is 1.19. The number of nitrogens with one attached hydrogen (secondary N) is 1. The monoisotopic (exact) mass is 342 g/mol. The van der Waals surface area contributed by atoms with Crippen molar-refractivity contribution in [3.8, 4) is 0 Å². The fourth-order valence-electron chi connectivity index (χ4n) is 2.27. The average molecular weight is 343 g/mol. The standard InChI is InChI=1S/C15H19ClN2O3S/c16-14-8-4-3-7-13(14)9-12-22(20,21)17-15(19)18-10-5-1-2-6-11-18/h3-4,7-9,12H,1-2,5-6,10-11H2,(H,17,19). The van der Waals surface area contributed by atoms with Gasteiger partial charge in [0.25, 0.3) is 10.0 Å². The van der Waals surface area contributed by atoms with E-state index >= 15 is 0 Å². The summed E-state index contributed by atoms with van der Waals surface area (Å²) < 4.78 is 26.0. The molecule has 1 N–H and O–H groups in total. The van der Waals surface area contributed by atoms with Crippen molar-refractivity contribution >= 4 is 33.7 Å². The molecular weight excluding hydrogens is 324 g/mol. The molecule has 0 unspecified atom stereocenters. The third-order valence-corrected chi connectivity index (χ3v) is 4.75. The molecule has 0 aliphatic carbocycles. The summed E-state index contributed by atoms with van der Waals surface area (Å²) in [5, 5.41) is 1.41. The van der Waals surface area contributed by atoms with Crippen molar-refractivity contribution in [2.75, 3.05) is 13.1 Å². The summed E-state index contributed by atoms with van der Waals surface area (Å²) in [7, 11) is -3.84. The summed E-state index contributed by atoms with van der Waals surface area (Å²) in [5.41, 5.74) is 0.580. The van der Waals surface area contributed by atoms with Crippen molar-refractivity contribution in [2.24, 2.45) is 0 Å². The highest BCUT2D eigenvalue weighted by Crippen LogP contribution is 2.16. The predicted molar refractivity (Wildman–Crippen MR) is 88.0 cm³/mol. The van der Waals surface area contributed by atoms with Crippen LogP contribution < -0.4 is 4.72 Å². The van der Waals surface area contributed by atoms with E-state index in [0.717, 1.165) is 31.1 Å². The van der Waals surface area contributed by atoms with Gasteiger partial charge in [0.15, 0.2) is 0 Å². The number of hydrogen-bond acceptors (Lipinski definition) is 3. The van der Waals surface area contributed by atoms with Gasteiger partial charge in [-0.05, 0) is 30.5 Å². The number of benzene rings is 1. The number of carbonyl (C=O) groups excluding carboxylic acids is 1. The molecule has 5 nitrogen and oxygen atoms in total. The Kier molecular flexibility index (Phi) is 5.85. The Morgan fingerprint density at radius 2 is 1.77 bits per heavy atom. The lowest BCUT2D eigenvalue weighted by Gasteiger charge is -2.19. The van der Waals surface area contributed by atoms with Crippen LogP contribution in [0.5, 0.6) is 0 Å². The van der Waals surface area contributed by atoms with Gasteiger partial charge >= 0.3 is 6.03 Å². The van der Waals surface area contributed by atoms with Crippen LogP contribution in [0.2, 0.25) is 5.02 Å². The minimum absolute atomic E-state index is 0.452. The molecule has 0 saturated carbocycles. The molecule has 1 aliphatic rings. The second kappa shape index (κ2) is 7.65. The summed E-state index contributed by atoms with van der Waals surface area (Å²) in [6.07, 6.45) is 5.33. The van der Waals surface area contributed by atoms with E-state index in [0.29, 0.717) is 23.7 Å². The minimum atomic E-state index is -3.84. The molecule has 0 bridgehead atoms. The smallest absolute Gasteiger partial charge is 0.324 e.